The van der Waals surface area contributed by atoms with E-state index in [9.17, 15) is 9.50 Å². The summed E-state index contributed by atoms with van der Waals surface area (Å²) in [5.74, 6) is 0.383. The first kappa shape index (κ1) is 13.5. The number of aliphatic hydroxyl groups excluding tert-OH is 1. The van der Waals surface area contributed by atoms with Gasteiger partial charge in [-0.2, -0.15) is 0 Å². The highest BCUT2D eigenvalue weighted by Gasteiger charge is 2.29. The van der Waals surface area contributed by atoms with E-state index in [1.807, 2.05) is 0 Å². The largest absolute Gasteiger partial charge is 0.390 e. The Hall–Kier alpha value is -0.930. The van der Waals surface area contributed by atoms with Gasteiger partial charge in [0.25, 0.3) is 0 Å². The van der Waals surface area contributed by atoms with Gasteiger partial charge in [-0.25, -0.2) is 4.39 Å². The lowest BCUT2D eigenvalue weighted by Crippen LogP contribution is -2.35. The molecule has 2 nitrogen and oxygen atoms in total. The summed E-state index contributed by atoms with van der Waals surface area (Å²) in [6.07, 6.45) is 3.30. The summed E-state index contributed by atoms with van der Waals surface area (Å²) in [6, 6.07) is 6.63. The number of benzene rings is 1. The molecule has 0 aromatic heterocycles. The zero-order valence-corrected chi connectivity index (χ0v) is 10.8. The van der Waals surface area contributed by atoms with Crippen LogP contribution in [0.4, 0.5) is 4.39 Å². The van der Waals surface area contributed by atoms with E-state index in [4.69, 9.17) is 4.74 Å². The molecular formula is C15H21FO2. The maximum Gasteiger partial charge on any atom is 0.128 e. The van der Waals surface area contributed by atoms with Crippen LogP contribution >= 0.6 is 0 Å². The summed E-state index contributed by atoms with van der Waals surface area (Å²) in [4.78, 5) is 0. The molecule has 3 atom stereocenters. The van der Waals surface area contributed by atoms with Crippen LogP contribution in [0, 0.1) is 11.7 Å². The van der Waals surface area contributed by atoms with E-state index in [1.165, 1.54) is 6.07 Å². The topological polar surface area (TPSA) is 29.5 Å². The summed E-state index contributed by atoms with van der Waals surface area (Å²) in [7, 11) is 0. The summed E-state index contributed by atoms with van der Waals surface area (Å²) in [5.41, 5.74) is 0.559. The van der Waals surface area contributed by atoms with E-state index >= 15 is 0 Å². The molecule has 0 bridgehead atoms. The second-order valence-corrected chi connectivity index (χ2v) is 5.10. The van der Waals surface area contributed by atoms with Gasteiger partial charge in [0.2, 0.25) is 0 Å². The van der Waals surface area contributed by atoms with Crippen LogP contribution in [0.3, 0.4) is 0 Å². The Balaban J connectivity index is 1.90. The van der Waals surface area contributed by atoms with Crippen molar-refractivity contribution in [1.82, 2.24) is 0 Å². The fourth-order valence-corrected chi connectivity index (χ4v) is 2.56. The Morgan fingerprint density at radius 2 is 2.11 bits per heavy atom. The van der Waals surface area contributed by atoms with Gasteiger partial charge >= 0.3 is 0 Å². The molecule has 1 fully saturated rings. The third-order valence-electron chi connectivity index (χ3n) is 3.85. The van der Waals surface area contributed by atoms with Gasteiger partial charge < -0.3 is 9.84 Å². The lowest BCUT2D eigenvalue weighted by atomic mass is 9.84. The SMILES string of the molecule is CCC1CCC(O)C(OCc2ccccc2F)C1. The average Bonchev–Trinajstić information content (AvgIpc) is 2.39. The zero-order valence-electron chi connectivity index (χ0n) is 10.8. The average molecular weight is 252 g/mol. The van der Waals surface area contributed by atoms with Gasteiger partial charge in [-0.1, -0.05) is 31.5 Å². The van der Waals surface area contributed by atoms with Crippen LogP contribution in [0.5, 0.6) is 0 Å². The third-order valence-corrected chi connectivity index (χ3v) is 3.85. The maximum absolute atomic E-state index is 13.4. The lowest BCUT2D eigenvalue weighted by Gasteiger charge is -2.32. The predicted octanol–water partition coefficient (Wildman–Crippen LogP) is 3.28. The van der Waals surface area contributed by atoms with E-state index in [0.717, 1.165) is 25.7 Å². The number of rotatable bonds is 4. The molecule has 1 N–H and O–H groups in total. The lowest BCUT2D eigenvalue weighted by molar-refractivity contribution is -0.0793. The van der Waals surface area contributed by atoms with Crippen LogP contribution in [-0.4, -0.2) is 17.3 Å². The quantitative estimate of drug-likeness (QED) is 0.891. The van der Waals surface area contributed by atoms with E-state index in [2.05, 4.69) is 6.92 Å². The predicted molar refractivity (Wildman–Crippen MR) is 68.6 cm³/mol. The van der Waals surface area contributed by atoms with Crippen molar-refractivity contribution in [1.29, 1.82) is 0 Å². The number of aliphatic hydroxyl groups is 1. The number of hydrogen-bond donors (Lipinski definition) is 1. The Labute approximate surface area is 108 Å². The monoisotopic (exact) mass is 252 g/mol. The van der Waals surface area contributed by atoms with E-state index in [0.29, 0.717) is 11.5 Å². The molecule has 0 saturated heterocycles. The minimum absolute atomic E-state index is 0.150. The van der Waals surface area contributed by atoms with Gasteiger partial charge in [-0.05, 0) is 31.2 Å². The van der Waals surface area contributed by atoms with Gasteiger partial charge in [0, 0.05) is 5.56 Å². The second kappa shape index (κ2) is 6.30. The molecule has 0 spiro atoms. The Morgan fingerprint density at radius 1 is 1.33 bits per heavy atom. The van der Waals surface area contributed by atoms with Crippen molar-refractivity contribution in [2.45, 2.75) is 51.4 Å². The van der Waals surface area contributed by atoms with E-state index < -0.39 is 6.10 Å². The molecule has 18 heavy (non-hydrogen) atoms. The highest BCUT2D eigenvalue weighted by Crippen LogP contribution is 2.29. The van der Waals surface area contributed by atoms with Crippen molar-refractivity contribution in [2.24, 2.45) is 5.92 Å². The fourth-order valence-electron chi connectivity index (χ4n) is 2.56. The first-order valence-corrected chi connectivity index (χ1v) is 6.73. The fraction of sp³-hybridized carbons (Fsp3) is 0.600. The van der Waals surface area contributed by atoms with Crippen LogP contribution in [0.25, 0.3) is 0 Å². The van der Waals surface area contributed by atoms with E-state index in [1.54, 1.807) is 18.2 Å². The maximum atomic E-state index is 13.4. The van der Waals surface area contributed by atoms with Crippen molar-refractivity contribution < 1.29 is 14.2 Å². The van der Waals surface area contributed by atoms with Gasteiger partial charge in [-0.15, -0.1) is 0 Å². The van der Waals surface area contributed by atoms with Crippen molar-refractivity contribution in [3.8, 4) is 0 Å². The highest BCUT2D eigenvalue weighted by molar-refractivity contribution is 5.16. The molecule has 0 aliphatic heterocycles. The highest BCUT2D eigenvalue weighted by atomic mass is 19.1. The minimum atomic E-state index is -0.403. The molecule has 100 valence electrons. The molecule has 1 aliphatic rings. The van der Waals surface area contributed by atoms with Crippen LogP contribution in [-0.2, 0) is 11.3 Å². The van der Waals surface area contributed by atoms with Gasteiger partial charge in [-0.3, -0.25) is 0 Å². The number of halogens is 1. The Bertz CT molecular complexity index is 381. The third kappa shape index (κ3) is 3.30. The molecule has 1 aromatic carbocycles. The first-order chi connectivity index (χ1) is 8.70. The zero-order chi connectivity index (χ0) is 13.0. The first-order valence-electron chi connectivity index (χ1n) is 6.73. The molecule has 3 unspecified atom stereocenters. The number of ether oxygens (including phenoxy) is 1. The summed E-state index contributed by atoms with van der Waals surface area (Å²) >= 11 is 0. The van der Waals surface area contributed by atoms with Gasteiger partial charge in [0.1, 0.15) is 5.82 Å². The van der Waals surface area contributed by atoms with Gasteiger partial charge in [0.05, 0.1) is 18.8 Å². The van der Waals surface area contributed by atoms with Gasteiger partial charge in [0.15, 0.2) is 0 Å². The van der Waals surface area contributed by atoms with Crippen molar-refractivity contribution in [3.05, 3.63) is 35.6 Å². The summed E-state index contributed by atoms with van der Waals surface area (Å²) in [5, 5.41) is 9.91. The summed E-state index contributed by atoms with van der Waals surface area (Å²) < 4.78 is 19.1. The molecule has 1 saturated carbocycles. The second-order valence-electron chi connectivity index (χ2n) is 5.10. The molecule has 0 amide bonds. The smallest absolute Gasteiger partial charge is 0.128 e. The molecular weight excluding hydrogens is 231 g/mol. The van der Waals surface area contributed by atoms with Crippen LogP contribution in [0.2, 0.25) is 0 Å². The van der Waals surface area contributed by atoms with Crippen LogP contribution < -0.4 is 0 Å². The van der Waals surface area contributed by atoms with Crippen molar-refractivity contribution >= 4 is 0 Å². The number of hydrogen-bond acceptors (Lipinski definition) is 2. The Morgan fingerprint density at radius 3 is 2.83 bits per heavy atom. The Kier molecular flexibility index (Phi) is 4.72. The molecule has 0 radical (unpaired) electrons. The molecule has 1 aromatic rings. The standard InChI is InChI=1S/C15H21FO2/c1-2-11-7-8-14(17)15(9-11)18-10-12-5-3-4-6-13(12)16/h3-6,11,14-15,17H,2,7-10H2,1H3. The molecule has 2 rings (SSSR count). The summed E-state index contributed by atoms with van der Waals surface area (Å²) in [6.45, 7) is 2.40. The minimum Gasteiger partial charge on any atom is -0.390 e. The molecule has 3 heteroatoms. The molecule has 0 heterocycles. The van der Waals surface area contributed by atoms with Crippen molar-refractivity contribution in [3.63, 3.8) is 0 Å². The molecule has 1 aliphatic carbocycles. The van der Waals surface area contributed by atoms with Crippen molar-refractivity contribution in [2.75, 3.05) is 0 Å². The van der Waals surface area contributed by atoms with E-state index in [-0.39, 0.29) is 18.5 Å². The normalized spacial score (nSPS) is 28.3. The van der Waals surface area contributed by atoms with Crippen LogP contribution in [0.15, 0.2) is 24.3 Å². The van der Waals surface area contributed by atoms with Crippen LogP contribution in [0.1, 0.15) is 38.2 Å².